The van der Waals surface area contributed by atoms with Crippen LogP contribution in [0.4, 0.5) is 5.82 Å². The monoisotopic (exact) mass is 411 g/mol. The number of fused-ring (bicyclic) bond motifs is 1. The van der Waals surface area contributed by atoms with Crippen LogP contribution in [-0.2, 0) is 0 Å². The van der Waals surface area contributed by atoms with E-state index in [9.17, 15) is 0 Å². The number of rotatable bonds is 5. The third kappa shape index (κ3) is 3.75. The Balaban J connectivity index is 1.44. The number of hydrogen-bond donors (Lipinski definition) is 2. The fourth-order valence-corrected chi connectivity index (χ4v) is 3.64. The lowest BCUT2D eigenvalue weighted by atomic mass is 10.0. The highest BCUT2D eigenvalue weighted by Gasteiger charge is 2.12. The first-order valence-corrected chi connectivity index (χ1v) is 10.0. The van der Waals surface area contributed by atoms with Crippen molar-refractivity contribution in [2.75, 3.05) is 5.32 Å². The molecule has 5 aromatic rings. The van der Waals surface area contributed by atoms with Crippen molar-refractivity contribution in [2.45, 2.75) is 26.8 Å². The van der Waals surface area contributed by atoms with E-state index >= 15 is 0 Å². The molecule has 0 aliphatic carbocycles. The van der Waals surface area contributed by atoms with Gasteiger partial charge in [-0.2, -0.15) is 5.21 Å². The predicted molar refractivity (Wildman–Crippen MR) is 118 cm³/mol. The molecule has 0 radical (unpaired) electrons. The molecule has 1 atom stereocenters. The van der Waals surface area contributed by atoms with Gasteiger partial charge in [0.05, 0.1) is 12.0 Å². The Morgan fingerprint density at radius 1 is 1.00 bits per heavy atom. The van der Waals surface area contributed by atoms with Gasteiger partial charge in [0.25, 0.3) is 0 Å². The van der Waals surface area contributed by atoms with Crippen LogP contribution >= 0.6 is 0 Å². The van der Waals surface area contributed by atoms with Crippen LogP contribution in [0.2, 0.25) is 0 Å². The Morgan fingerprint density at radius 2 is 1.90 bits per heavy atom. The fourth-order valence-electron chi connectivity index (χ4n) is 3.64. The zero-order chi connectivity index (χ0) is 21.4. The number of furan rings is 1. The lowest BCUT2D eigenvalue weighted by Gasteiger charge is -2.16. The molecule has 0 amide bonds. The van der Waals surface area contributed by atoms with Crippen LogP contribution in [-0.4, -0.2) is 30.6 Å². The second-order valence-corrected chi connectivity index (χ2v) is 7.54. The maximum atomic E-state index is 5.57. The van der Waals surface area contributed by atoms with Crippen LogP contribution < -0.4 is 5.32 Å². The molecule has 8 nitrogen and oxygen atoms in total. The molecule has 5 rings (SSSR count). The van der Waals surface area contributed by atoms with Crippen molar-refractivity contribution in [1.29, 1.82) is 0 Å². The molecule has 2 aromatic carbocycles. The molecule has 2 N–H and O–H groups in total. The largest absolute Gasteiger partial charge is 0.464 e. The fraction of sp³-hybridized carbons (Fsp3) is 0.174. The average molecular weight is 411 g/mol. The summed E-state index contributed by atoms with van der Waals surface area (Å²) in [5.41, 5.74) is 5.87. The highest BCUT2D eigenvalue weighted by molar-refractivity contribution is 5.85. The van der Waals surface area contributed by atoms with E-state index in [1.165, 1.54) is 0 Å². The zero-order valence-electron chi connectivity index (χ0n) is 17.4. The molecule has 1 unspecified atom stereocenters. The first-order chi connectivity index (χ1) is 15.1. The zero-order valence-corrected chi connectivity index (χ0v) is 17.4. The Labute approximate surface area is 178 Å². The molecule has 3 heterocycles. The van der Waals surface area contributed by atoms with E-state index in [1.807, 2.05) is 50.2 Å². The van der Waals surface area contributed by atoms with E-state index in [1.54, 1.807) is 6.26 Å². The molecule has 0 saturated heterocycles. The van der Waals surface area contributed by atoms with Crippen LogP contribution in [0.5, 0.6) is 0 Å². The first-order valence-electron chi connectivity index (χ1n) is 10.0. The topological polar surface area (TPSA) is 105 Å². The van der Waals surface area contributed by atoms with E-state index in [0.717, 1.165) is 44.7 Å². The number of aromatic nitrogens is 6. The highest BCUT2D eigenvalue weighted by atomic mass is 16.3. The van der Waals surface area contributed by atoms with Crippen LogP contribution in [0, 0.1) is 13.8 Å². The van der Waals surface area contributed by atoms with Crippen LogP contribution in [0.1, 0.15) is 29.9 Å². The molecule has 0 aliphatic rings. The molecule has 0 fully saturated rings. The van der Waals surface area contributed by atoms with Gasteiger partial charge in [0.2, 0.25) is 5.82 Å². The normalized spacial score (nSPS) is 12.2. The third-order valence-electron chi connectivity index (χ3n) is 5.26. The Kier molecular flexibility index (Phi) is 4.66. The van der Waals surface area contributed by atoms with Crippen molar-refractivity contribution in [2.24, 2.45) is 0 Å². The van der Waals surface area contributed by atoms with Gasteiger partial charge in [-0.15, -0.1) is 10.2 Å². The van der Waals surface area contributed by atoms with Crippen molar-refractivity contribution in [3.05, 3.63) is 71.7 Å². The highest BCUT2D eigenvalue weighted by Crippen LogP contribution is 2.29. The van der Waals surface area contributed by atoms with Crippen molar-refractivity contribution in [3.63, 3.8) is 0 Å². The minimum Gasteiger partial charge on any atom is -0.464 e. The Hall–Kier alpha value is -4.07. The van der Waals surface area contributed by atoms with Crippen molar-refractivity contribution in [3.8, 4) is 22.6 Å². The number of aryl methyl sites for hydroxylation is 2. The van der Waals surface area contributed by atoms with E-state index in [0.29, 0.717) is 11.6 Å². The van der Waals surface area contributed by atoms with Crippen LogP contribution in [0.25, 0.3) is 33.6 Å². The van der Waals surface area contributed by atoms with Gasteiger partial charge in [-0.1, -0.05) is 18.2 Å². The number of H-pyrrole nitrogens is 1. The first kappa shape index (κ1) is 18.9. The molecule has 154 valence electrons. The summed E-state index contributed by atoms with van der Waals surface area (Å²) in [6.45, 7) is 6.03. The Morgan fingerprint density at radius 3 is 2.74 bits per heavy atom. The number of nitrogens with one attached hydrogen (secondary N) is 2. The summed E-state index contributed by atoms with van der Waals surface area (Å²) in [7, 11) is 0. The van der Waals surface area contributed by atoms with Gasteiger partial charge in [0.1, 0.15) is 17.2 Å². The summed E-state index contributed by atoms with van der Waals surface area (Å²) in [6, 6.07) is 16.2. The number of tetrazole rings is 1. The lowest BCUT2D eigenvalue weighted by molar-refractivity contribution is 0.613. The van der Waals surface area contributed by atoms with Crippen molar-refractivity contribution in [1.82, 2.24) is 30.6 Å². The summed E-state index contributed by atoms with van der Waals surface area (Å²) in [5.74, 6) is 2.04. The summed E-state index contributed by atoms with van der Waals surface area (Å²) < 4.78 is 5.57. The van der Waals surface area contributed by atoms with Crippen molar-refractivity contribution < 1.29 is 4.42 Å². The number of anilines is 1. The molecule has 31 heavy (non-hydrogen) atoms. The maximum absolute atomic E-state index is 5.57. The van der Waals surface area contributed by atoms with Gasteiger partial charge in [0.15, 0.2) is 0 Å². The number of benzene rings is 2. The van der Waals surface area contributed by atoms with Gasteiger partial charge >= 0.3 is 0 Å². The SMILES string of the molecule is Cc1nc(NC(C)c2cccc(-c3nn[nH]n3)c2)cc(-c2ccc3occ(C)c3c2)n1. The van der Waals surface area contributed by atoms with Gasteiger partial charge < -0.3 is 9.73 Å². The number of hydrogen-bond acceptors (Lipinski definition) is 7. The second kappa shape index (κ2) is 7.64. The molecular weight excluding hydrogens is 390 g/mol. The lowest BCUT2D eigenvalue weighted by Crippen LogP contribution is -2.09. The molecule has 0 saturated carbocycles. The van der Waals surface area contributed by atoms with E-state index < -0.39 is 0 Å². The molecule has 3 aromatic heterocycles. The minimum atomic E-state index is 0.0209. The van der Waals surface area contributed by atoms with Crippen LogP contribution in [0.15, 0.2) is 59.2 Å². The Bertz CT molecular complexity index is 1360. The average Bonchev–Trinajstić information content (AvgIpc) is 3.44. The van der Waals surface area contributed by atoms with Gasteiger partial charge in [-0.25, -0.2) is 9.97 Å². The summed E-state index contributed by atoms with van der Waals surface area (Å²) in [4.78, 5) is 9.23. The number of nitrogens with zero attached hydrogens (tertiary/aromatic N) is 5. The van der Waals surface area contributed by atoms with E-state index in [2.05, 4.69) is 55.0 Å². The molecule has 8 heteroatoms. The summed E-state index contributed by atoms with van der Waals surface area (Å²) in [6.07, 6.45) is 1.77. The smallest absolute Gasteiger partial charge is 0.204 e. The minimum absolute atomic E-state index is 0.0209. The molecule has 0 spiro atoms. The standard InChI is InChI=1S/C23H21N7O/c1-13-12-31-21-8-7-17(10-19(13)21)20-11-22(26-15(3)25-20)24-14(2)16-5-4-6-18(9-16)23-27-29-30-28-23/h4-12,14H,1-3H3,(H,24,25,26)(H,27,28,29,30). The third-order valence-corrected chi connectivity index (χ3v) is 5.26. The summed E-state index contributed by atoms with van der Waals surface area (Å²) in [5, 5.41) is 18.8. The molecule has 0 bridgehead atoms. The van der Waals surface area contributed by atoms with Crippen LogP contribution in [0.3, 0.4) is 0 Å². The predicted octanol–water partition coefficient (Wildman–Crippen LogP) is 4.86. The molecule has 0 aliphatic heterocycles. The maximum Gasteiger partial charge on any atom is 0.204 e. The van der Waals surface area contributed by atoms with Gasteiger partial charge in [0, 0.05) is 28.6 Å². The number of aromatic amines is 1. The van der Waals surface area contributed by atoms with E-state index in [4.69, 9.17) is 4.42 Å². The second-order valence-electron chi connectivity index (χ2n) is 7.54. The van der Waals surface area contributed by atoms with Gasteiger partial charge in [-0.3, -0.25) is 0 Å². The molecular formula is C23H21N7O. The van der Waals surface area contributed by atoms with E-state index in [-0.39, 0.29) is 6.04 Å². The van der Waals surface area contributed by atoms with Crippen molar-refractivity contribution >= 4 is 16.8 Å². The summed E-state index contributed by atoms with van der Waals surface area (Å²) >= 11 is 0. The quantitative estimate of drug-likeness (QED) is 0.425. The van der Waals surface area contributed by atoms with Gasteiger partial charge in [-0.05, 0) is 61.4 Å².